The minimum atomic E-state index is 0.734. The molecule has 1 heterocycles. The molecule has 0 saturated heterocycles. The summed E-state index contributed by atoms with van der Waals surface area (Å²) in [5, 5.41) is 2.22. The van der Waals surface area contributed by atoms with Gasteiger partial charge < -0.3 is 4.98 Å². The Morgan fingerprint density at radius 2 is 1.54 bits per heavy atom. The van der Waals surface area contributed by atoms with Gasteiger partial charge in [0, 0.05) is 21.6 Å². The third-order valence-electron chi connectivity index (χ3n) is 6.69. The van der Waals surface area contributed by atoms with Crippen LogP contribution in [0.5, 0.6) is 0 Å². The zero-order valence-corrected chi connectivity index (χ0v) is 18.8. The highest BCUT2D eigenvalue weighted by atomic mass is 35.5. The Kier molecular flexibility index (Phi) is 9.25. The molecule has 1 aliphatic carbocycles. The molecule has 1 aromatic heterocycles. The molecule has 0 amide bonds. The van der Waals surface area contributed by atoms with Crippen LogP contribution in [-0.4, -0.2) is 4.98 Å². The van der Waals surface area contributed by atoms with Crippen LogP contribution in [0.4, 0.5) is 0 Å². The largest absolute Gasteiger partial charge is 0.358 e. The van der Waals surface area contributed by atoms with Crippen molar-refractivity contribution in [1.29, 1.82) is 0 Å². The second-order valence-corrected chi connectivity index (χ2v) is 9.41. The number of unbranched alkanes of at least 4 members (excludes halogenated alkanes) is 11. The summed E-state index contributed by atoms with van der Waals surface area (Å²) >= 11 is 6.23. The van der Waals surface area contributed by atoms with Gasteiger partial charge in [-0.05, 0) is 55.4 Å². The number of aromatic nitrogens is 1. The topological polar surface area (TPSA) is 15.8 Å². The molecule has 156 valence electrons. The standard InChI is InChI=1S/C26H40ClN/c1-2-3-4-5-6-7-8-9-10-11-12-13-15-21-16-14-17-23-24-20-22(27)18-19-25(24)28-26(21)23/h18-21,28H,2-17H2,1H3. The lowest BCUT2D eigenvalue weighted by molar-refractivity contribution is 0.475. The number of nitrogens with one attached hydrogen (secondary N) is 1. The quantitative estimate of drug-likeness (QED) is 0.321. The molecule has 1 atom stereocenters. The smallest absolute Gasteiger partial charge is 0.0460 e. The zero-order valence-electron chi connectivity index (χ0n) is 18.0. The van der Waals surface area contributed by atoms with Crippen molar-refractivity contribution in [3.05, 3.63) is 34.5 Å². The van der Waals surface area contributed by atoms with Gasteiger partial charge in [-0.1, -0.05) is 95.6 Å². The zero-order chi connectivity index (χ0) is 19.6. The summed E-state index contributed by atoms with van der Waals surface area (Å²) in [7, 11) is 0. The third-order valence-corrected chi connectivity index (χ3v) is 6.93. The highest BCUT2D eigenvalue weighted by Gasteiger charge is 2.23. The van der Waals surface area contributed by atoms with Gasteiger partial charge in [0.15, 0.2) is 0 Å². The molecule has 0 bridgehead atoms. The average Bonchev–Trinajstić information content (AvgIpc) is 3.07. The maximum absolute atomic E-state index is 6.23. The van der Waals surface area contributed by atoms with Gasteiger partial charge in [0.05, 0.1) is 0 Å². The van der Waals surface area contributed by atoms with Crippen molar-refractivity contribution in [2.24, 2.45) is 0 Å². The van der Waals surface area contributed by atoms with E-state index in [2.05, 4.69) is 24.0 Å². The van der Waals surface area contributed by atoms with Crippen molar-refractivity contribution in [3.8, 4) is 0 Å². The molecule has 0 saturated carbocycles. The van der Waals surface area contributed by atoms with Crippen LogP contribution >= 0.6 is 11.6 Å². The first-order valence-corrected chi connectivity index (χ1v) is 12.5. The Morgan fingerprint density at radius 3 is 2.21 bits per heavy atom. The van der Waals surface area contributed by atoms with Gasteiger partial charge in [-0.2, -0.15) is 0 Å². The van der Waals surface area contributed by atoms with Crippen molar-refractivity contribution < 1.29 is 0 Å². The van der Waals surface area contributed by atoms with Gasteiger partial charge in [0.2, 0.25) is 0 Å². The SMILES string of the molecule is CCCCCCCCCCCCCCC1CCCc2c1[nH]c1ccc(Cl)cc21. The van der Waals surface area contributed by atoms with Gasteiger partial charge in [-0.15, -0.1) is 0 Å². The second kappa shape index (κ2) is 11.9. The molecule has 3 rings (SSSR count). The molecule has 1 nitrogen and oxygen atoms in total. The van der Waals surface area contributed by atoms with Crippen LogP contribution in [0.1, 0.15) is 120 Å². The van der Waals surface area contributed by atoms with Crippen LogP contribution in [0.2, 0.25) is 5.02 Å². The Hall–Kier alpha value is -0.950. The number of H-pyrrole nitrogens is 1. The van der Waals surface area contributed by atoms with Crippen molar-refractivity contribution in [2.45, 2.75) is 116 Å². The number of fused-ring (bicyclic) bond motifs is 3. The van der Waals surface area contributed by atoms with Crippen LogP contribution in [0.25, 0.3) is 10.9 Å². The van der Waals surface area contributed by atoms with Crippen molar-refractivity contribution in [2.75, 3.05) is 0 Å². The molecule has 0 fully saturated rings. The lowest BCUT2D eigenvalue weighted by Gasteiger charge is -2.22. The maximum atomic E-state index is 6.23. The van der Waals surface area contributed by atoms with E-state index in [0.717, 1.165) is 10.9 Å². The molecular formula is C26H40ClN. The summed E-state index contributed by atoms with van der Waals surface area (Å²) in [6, 6.07) is 6.31. The van der Waals surface area contributed by atoms with E-state index in [0.29, 0.717) is 0 Å². The van der Waals surface area contributed by atoms with E-state index >= 15 is 0 Å². The first-order valence-electron chi connectivity index (χ1n) is 12.1. The normalized spacial score (nSPS) is 16.6. The van der Waals surface area contributed by atoms with Crippen LogP contribution in [0.3, 0.4) is 0 Å². The summed E-state index contributed by atoms with van der Waals surface area (Å²) in [6.45, 7) is 2.30. The number of aryl methyl sites for hydroxylation is 1. The summed E-state index contributed by atoms with van der Waals surface area (Å²) in [6.07, 6.45) is 22.4. The fourth-order valence-electron chi connectivity index (χ4n) is 5.05. The number of hydrogen-bond acceptors (Lipinski definition) is 0. The molecule has 1 unspecified atom stereocenters. The molecule has 1 N–H and O–H groups in total. The molecule has 2 heteroatoms. The third kappa shape index (κ3) is 6.28. The lowest BCUT2D eigenvalue weighted by atomic mass is 9.83. The van der Waals surface area contributed by atoms with Crippen molar-refractivity contribution >= 4 is 22.5 Å². The first-order chi connectivity index (χ1) is 13.8. The molecule has 28 heavy (non-hydrogen) atoms. The first kappa shape index (κ1) is 21.8. The fourth-order valence-corrected chi connectivity index (χ4v) is 5.22. The second-order valence-electron chi connectivity index (χ2n) is 8.97. The Balaban J connectivity index is 1.31. The summed E-state index contributed by atoms with van der Waals surface area (Å²) < 4.78 is 0. The highest BCUT2D eigenvalue weighted by molar-refractivity contribution is 6.31. The number of rotatable bonds is 13. The minimum absolute atomic E-state index is 0.734. The summed E-state index contributed by atoms with van der Waals surface area (Å²) in [4.78, 5) is 3.73. The number of hydrogen-bond donors (Lipinski definition) is 1. The Morgan fingerprint density at radius 1 is 0.893 bits per heavy atom. The van der Waals surface area contributed by atoms with E-state index in [9.17, 15) is 0 Å². The van der Waals surface area contributed by atoms with E-state index < -0.39 is 0 Å². The predicted molar refractivity (Wildman–Crippen MR) is 125 cm³/mol. The Labute approximate surface area is 177 Å². The van der Waals surface area contributed by atoms with Gasteiger partial charge in [-0.3, -0.25) is 0 Å². The minimum Gasteiger partial charge on any atom is -0.358 e. The van der Waals surface area contributed by atoms with E-state index in [-0.39, 0.29) is 0 Å². The average molecular weight is 402 g/mol. The Bertz CT molecular complexity index is 702. The predicted octanol–water partition coefficient (Wildman–Crippen LogP) is 9.33. The van der Waals surface area contributed by atoms with Gasteiger partial charge in [0.1, 0.15) is 0 Å². The number of benzene rings is 1. The summed E-state index contributed by atoms with van der Waals surface area (Å²) in [5.41, 5.74) is 4.34. The van der Waals surface area contributed by atoms with Crippen LogP contribution < -0.4 is 0 Å². The maximum Gasteiger partial charge on any atom is 0.0460 e. The van der Waals surface area contributed by atoms with Crippen LogP contribution in [0.15, 0.2) is 18.2 Å². The molecule has 1 aromatic carbocycles. The van der Waals surface area contributed by atoms with Crippen molar-refractivity contribution in [3.63, 3.8) is 0 Å². The molecule has 0 spiro atoms. The van der Waals surface area contributed by atoms with Crippen molar-refractivity contribution in [1.82, 2.24) is 4.98 Å². The van der Waals surface area contributed by atoms with E-state index in [1.165, 1.54) is 119 Å². The molecule has 0 radical (unpaired) electrons. The molecular weight excluding hydrogens is 362 g/mol. The summed E-state index contributed by atoms with van der Waals surface area (Å²) in [5.74, 6) is 0.734. The van der Waals surface area contributed by atoms with Gasteiger partial charge in [0.25, 0.3) is 0 Å². The van der Waals surface area contributed by atoms with E-state index in [4.69, 9.17) is 11.6 Å². The number of aromatic amines is 1. The molecule has 2 aromatic rings. The molecule has 0 aliphatic heterocycles. The highest BCUT2D eigenvalue weighted by Crippen LogP contribution is 2.39. The van der Waals surface area contributed by atoms with Crippen LogP contribution in [-0.2, 0) is 6.42 Å². The van der Waals surface area contributed by atoms with Gasteiger partial charge >= 0.3 is 0 Å². The monoisotopic (exact) mass is 401 g/mol. The van der Waals surface area contributed by atoms with E-state index in [1.54, 1.807) is 5.56 Å². The van der Waals surface area contributed by atoms with Gasteiger partial charge in [-0.25, -0.2) is 0 Å². The fraction of sp³-hybridized carbons (Fsp3) is 0.692. The van der Waals surface area contributed by atoms with Crippen LogP contribution in [0, 0.1) is 0 Å². The lowest BCUT2D eigenvalue weighted by Crippen LogP contribution is -2.09. The number of halogens is 1. The molecule has 1 aliphatic rings. The van der Waals surface area contributed by atoms with E-state index in [1.807, 2.05) is 6.07 Å².